The van der Waals surface area contributed by atoms with Crippen LogP contribution in [0.1, 0.15) is 9.67 Å². The van der Waals surface area contributed by atoms with Crippen LogP contribution < -0.4 is 9.64 Å². The van der Waals surface area contributed by atoms with E-state index in [-0.39, 0.29) is 24.2 Å². The molecule has 1 aromatic heterocycles. The normalized spacial score (nSPS) is 18.8. The van der Waals surface area contributed by atoms with Crippen LogP contribution in [0, 0.1) is 5.82 Å². The molecule has 1 saturated heterocycles. The lowest BCUT2D eigenvalue weighted by Gasteiger charge is -2.37. The fourth-order valence-corrected chi connectivity index (χ4v) is 4.79. The third kappa shape index (κ3) is 3.42. The van der Waals surface area contributed by atoms with Crippen LogP contribution in [-0.4, -0.2) is 55.7 Å². The third-order valence-electron chi connectivity index (χ3n) is 5.31. The van der Waals surface area contributed by atoms with Crippen molar-refractivity contribution in [3.8, 4) is 5.75 Å². The second-order valence-corrected chi connectivity index (χ2v) is 8.30. The van der Waals surface area contributed by atoms with Crippen LogP contribution in [0.4, 0.5) is 10.1 Å². The van der Waals surface area contributed by atoms with Gasteiger partial charge in [0.15, 0.2) is 6.10 Å². The first-order chi connectivity index (χ1) is 14.6. The van der Waals surface area contributed by atoms with E-state index in [0.717, 1.165) is 4.70 Å². The maximum absolute atomic E-state index is 13.6. The number of anilines is 1. The number of carbonyl (C=O) groups excluding carboxylic acids is 2. The van der Waals surface area contributed by atoms with Crippen LogP contribution in [0.5, 0.6) is 5.75 Å². The van der Waals surface area contributed by atoms with Crippen molar-refractivity contribution in [3.63, 3.8) is 0 Å². The van der Waals surface area contributed by atoms with Gasteiger partial charge in [-0.2, -0.15) is 0 Å². The molecule has 0 saturated carbocycles. The Labute approximate surface area is 176 Å². The SMILES string of the molecule is O=C([C@H]1CN(C(=O)c2cc3cc(F)ccc3s2)c2ccccc2O1)N1CCOCC1. The lowest BCUT2D eigenvalue weighted by molar-refractivity contribution is -0.142. The van der Waals surface area contributed by atoms with E-state index in [1.807, 2.05) is 12.1 Å². The number of para-hydroxylation sites is 2. The van der Waals surface area contributed by atoms with Crippen molar-refractivity contribution in [1.29, 1.82) is 0 Å². The van der Waals surface area contributed by atoms with Crippen molar-refractivity contribution >= 4 is 38.9 Å². The highest BCUT2D eigenvalue weighted by atomic mass is 32.1. The van der Waals surface area contributed by atoms with Crippen molar-refractivity contribution in [3.05, 3.63) is 59.2 Å². The molecule has 2 aromatic carbocycles. The summed E-state index contributed by atoms with van der Waals surface area (Å²) < 4.78 is 25.7. The highest BCUT2D eigenvalue weighted by molar-refractivity contribution is 7.20. The maximum Gasteiger partial charge on any atom is 0.268 e. The van der Waals surface area contributed by atoms with Gasteiger partial charge in [-0.05, 0) is 41.8 Å². The Morgan fingerprint density at radius 3 is 2.70 bits per heavy atom. The zero-order chi connectivity index (χ0) is 20.7. The lowest BCUT2D eigenvalue weighted by Crippen LogP contribution is -2.54. The summed E-state index contributed by atoms with van der Waals surface area (Å²) in [6.45, 7) is 2.13. The minimum absolute atomic E-state index is 0.120. The standard InChI is InChI=1S/C22H19FN2O4S/c23-15-5-6-19-14(11-15)12-20(30-19)22(27)25-13-18(21(26)24-7-9-28-10-8-24)29-17-4-2-1-3-16(17)25/h1-6,11-12,18H,7-10,13H2/t18-/m1/s1. The van der Waals surface area contributed by atoms with Crippen LogP contribution in [-0.2, 0) is 9.53 Å². The number of nitrogens with zero attached hydrogens (tertiary/aromatic N) is 2. The van der Waals surface area contributed by atoms with Crippen LogP contribution >= 0.6 is 11.3 Å². The number of morpholine rings is 1. The minimum atomic E-state index is -0.784. The largest absolute Gasteiger partial charge is 0.476 e. The van der Waals surface area contributed by atoms with E-state index in [9.17, 15) is 14.0 Å². The van der Waals surface area contributed by atoms with Gasteiger partial charge in [0.05, 0.1) is 30.3 Å². The van der Waals surface area contributed by atoms with Gasteiger partial charge in [0.2, 0.25) is 0 Å². The second kappa shape index (κ2) is 7.70. The van der Waals surface area contributed by atoms with Gasteiger partial charge in [-0.3, -0.25) is 14.5 Å². The fourth-order valence-electron chi connectivity index (χ4n) is 3.80. The number of carbonyl (C=O) groups is 2. The molecule has 0 radical (unpaired) electrons. The van der Waals surface area contributed by atoms with Crippen LogP contribution in [0.2, 0.25) is 0 Å². The summed E-state index contributed by atoms with van der Waals surface area (Å²) in [6.07, 6.45) is -0.784. The molecule has 3 aromatic rings. The molecule has 0 unspecified atom stereocenters. The van der Waals surface area contributed by atoms with Gasteiger partial charge in [-0.15, -0.1) is 11.3 Å². The molecule has 154 valence electrons. The summed E-state index contributed by atoms with van der Waals surface area (Å²) >= 11 is 1.31. The zero-order valence-corrected chi connectivity index (χ0v) is 16.9. The zero-order valence-electron chi connectivity index (χ0n) is 16.0. The first-order valence-corrected chi connectivity index (χ1v) is 10.5. The molecule has 8 heteroatoms. The molecule has 1 atom stereocenters. The number of amides is 2. The van der Waals surface area contributed by atoms with E-state index >= 15 is 0 Å². The van der Waals surface area contributed by atoms with Gasteiger partial charge in [-0.1, -0.05) is 12.1 Å². The molecular weight excluding hydrogens is 407 g/mol. The average molecular weight is 426 g/mol. The summed E-state index contributed by atoms with van der Waals surface area (Å²) in [7, 11) is 0. The van der Waals surface area contributed by atoms with Gasteiger partial charge >= 0.3 is 0 Å². The van der Waals surface area contributed by atoms with Crippen LogP contribution in [0.25, 0.3) is 10.1 Å². The molecule has 3 heterocycles. The first-order valence-electron chi connectivity index (χ1n) is 9.73. The molecule has 2 aliphatic heterocycles. The molecule has 0 aliphatic carbocycles. The maximum atomic E-state index is 13.6. The quantitative estimate of drug-likeness (QED) is 0.631. The Kier molecular flexibility index (Phi) is 4.88. The van der Waals surface area contributed by atoms with Gasteiger partial charge in [0, 0.05) is 17.8 Å². The first kappa shape index (κ1) is 19.0. The second-order valence-electron chi connectivity index (χ2n) is 7.22. The molecule has 6 nitrogen and oxygen atoms in total. The summed E-state index contributed by atoms with van der Waals surface area (Å²) in [6, 6.07) is 13.4. The topological polar surface area (TPSA) is 59.1 Å². The Hall–Kier alpha value is -2.97. The number of fused-ring (bicyclic) bond motifs is 2. The van der Waals surface area contributed by atoms with E-state index < -0.39 is 6.10 Å². The molecule has 2 aliphatic rings. The van der Waals surface area contributed by atoms with Gasteiger partial charge in [-0.25, -0.2) is 4.39 Å². The number of benzene rings is 2. The Morgan fingerprint density at radius 1 is 1.07 bits per heavy atom. The molecule has 0 spiro atoms. The third-order valence-corrected chi connectivity index (χ3v) is 6.41. The fraction of sp³-hybridized carbons (Fsp3) is 0.273. The molecule has 30 heavy (non-hydrogen) atoms. The number of rotatable bonds is 2. The van der Waals surface area contributed by atoms with Gasteiger partial charge in [0.25, 0.3) is 11.8 Å². The predicted octanol–water partition coefficient (Wildman–Crippen LogP) is 3.31. The molecule has 1 fully saturated rings. The van der Waals surface area contributed by atoms with Gasteiger partial charge < -0.3 is 14.4 Å². The minimum Gasteiger partial charge on any atom is -0.476 e. The highest BCUT2D eigenvalue weighted by Crippen LogP contribution is 2.36. The number of thiophene rings is 1. The number of ether oxygens (including phenoxy) is 2. The average Bonchev–Trinajstić information content (AvgIpc) is 3.21. The van der Waals surface area contributed by atoms with Crippen molar-refractivity contribution < 1.29 is 23.5 Å². The Bertz CT molecular complexity index is 1130. The van der Waals surface area contributed by atoms with E-state index in [4.69, 9.17) is 9.47 Å². The number of hydrogen-bond acceptors (Lipinski definition) is 5. The summed E-state index contributed by atoms with van der Waals surface area (Å²) in [5.41, 5.74) is 0.622. The van der Waals surface area contributed by atoms with E-state index in [0.29, 0.717) is 48.0 Å². The van der Waals surface area contributed by atoms with E-state index in [1.165, 1.54) is 23.5 Å². The summed E-state index contributed by atoms with van der Waals surface area (Å²) in [5, 5.41) is 0.686. The number of halogens is 1. The van der Waals surface area contributed by atoms with Crippen molar-refractivity contribution in [2.75, 3.05) is 37.7 Å². The van der Waals surface area contributed by atoms with Crippen molar-refractivity contribution in [2.45, 2.75) is 6.10 Å². The van der Waals surface area contributed by atoms with E-state index in [2.05, 4.69) is 0 Å². The smallest absolute Gasteiger partial charge is 0.268 e. The predicted molar refractivity (Wildman–Crippen MR) is 112 cm³/mol. The lowest BCUT2D eigenvalue weighted by atomic mass is 10.1. The van der Waals surface area contributed by atoms with Crippen LogP contribution in [0.15, 0.2) is 48.5 Å². The van der Waals surface area contributed by atoms with Gasteiger partial charge in [0.1, 0.15) is 11.6 Å². The Morgan fingerprint density at radius 2 is 1.87 bits per heavy atom. The molecule has 0 N–H and O–H groups in total. The summed E-state index contributed by atoms with van der Waals surface area (Å²) in [5.74, 6) is -0.223. The molecule has 2 amide bonds. The van der Waals surface area contributed by atoms with Crippen molar-refractivity contribution in [2.24, 2.45) is 0 Å². The molecular formula is C22H19FN2O4S. The van der Waals surface area contributed by atoms with Crippen molar-refractivity contribution in [1.82, 2.24) is 4.90 Å². The molecule has 0 bridgehead atoms. The highest BCUT2D eigenvalue weighted by Gasteiger charge is 2.37. The van der Waals surface area contributed by atoms with E-state index in [1.54, 1.807) is 34.1 Å². The monoisotopic (exact) mass is 426 g/mol. The molecule has 5 rings (SSSR count). The number of hydrogen-bond donors (Lipinski definition) is 0. The van der Waals surface area contributed by atoms with Crippen LogP contribution in [0.3, 0.4) is 0 Å². The summed E-state index contributed by atoms with van der Waals surface area (Å²) in [4.78, 5) is 30.2. The Balaban J connectivity index is 1.47.